The molecule has 2 N–H and O–H groups in total. The van der Waals surface area contributed by atoms with Gasteiger partial charge in [0, 0.05) is 17.4 Å². The zero-order valence-electron chi connectivity index (χ0n) is 11.1. The van der Waals surface area contributed by atoms with Crippen LogP contribution in [-0.2, 0) is 6.54 Å². The number of aliphatic hydroxyl groups excluding tert-OH is 1. The minimum atomic E-state index is -0.676. The van der Waals surface area contributed by atoms with E-state index in [0.717, 1.165) is 12.8 Å². The van der Waals surface area contributed by atoms with Crippen LogP contribution >= 0.6 is 15.9 Å². The van der Waals surface area contributed by atoms with Crippen molar-refractivity contribution in [2.75, 3.05) is 6.54 Å². The molecule has 1 aliphatic carbocycles. The summed E-state index contributed by atoms with van der Waals surface area (Å²) < 4.78 is 1.36. The fourth-order valence-electron chi connectivity index (χ4n) is 2.51. The summed E-state index contributed by atoms with van der Waals surface area (Å²) in [5.41, 5.74) is 0. The maximum atomic E-state index is 10.7. The summed E-state index contributed by atoms with van der Waals surface area (Å²) in [7, 11) is 0. The zero-order valence-corrected chi connectivity index (χ0v) is 12.7. The monoisotopic (exact) mass is 346 g/mol. The Morgan fingerprint density at radius 3 is 3.05 bits per heavy atom. The molecule has 7 nitrogen and oxygen atoms in total. The number of aromatic nitrogens is 2. The summed E-state index contributed by atoms with van der Waals surface area (Å²) in [6.45, 7) is 0.588. The first-order valence-corrected chi connectivity index (χ1v) is 7.70. The number of aliphatic hydroxyl groups is 1. The Labute approximate surface area is 125 Å². The van der Waals surface area contributed by atoms with E-state index in [9.17, 15) is 15.2 Å². The number of hydrogen-bond acceptors (Lipinski definition) is 5. The third kappa shape index (κ3) is 4.00. The first-order chi connectivity index (χ1) is 9.58. The molecule has 3 atom stereocenters. The molecule has 1 fully saturated rings. The molecule has 1 heterocycles. The molecule has 1 aromatic rings. The van der Waals surface area contributed by atoms with Gasteiger partial charge in [0.2, 0.25) is 0 Å². The molecule has 1 aromatic heterocycles. The van der Waals surface area contributed by atoms with Crippen LogP contribution in [0.5, 0.6) is 0 Å². The third-order valence-corrected chi connectivity index (χ3v) is 4.66. The van der Waals surface area contributed by atoms with E-state index in [1.54, 1.807) is 0 Å². The van der Waals surface area contributed by atoms with Gasteiger partial charge in [-0.2, -0.15) is 0 Å². The van der Waals surface area contributed by atoms with Crippen molar-refractivity contribution in [3.8, 4) is 0 Å². The van der Waals surface area contributed by atoms with E-state index in [4.69, 9.17) is 0 Å². The largest absolute Gasteiger partial charge is 0.434 e. The predicted molar refractivity (Wildman–Crippen MR) is 77.9 cm³/mol. The Morgan fingerprint density at radius 1 is 1.60 bits per heavy atom. The number of rotatable bonds is 6. The van der Waals surface area contributed by atoms with E-state index in [-0.39, 0.29) is 12.5 Å². The molecule has 112 valence electrons. The highest BCUT2D eigenvalue weighted by atomic mass is 79.9. The number of nitrogens with one attached hydrogen (secondary N) is 1. The molecule has 0 spiro atoms. The van der Waals surface area contributed by atoms with Gasteiger partial charge in [0.15, 0.2) is 0 Å². The molecular weight excluding hydrogens is 328 g/mol. The second-order valence-electron chi connectivity index (χ2n) is 5.11. The topological polar surface area (TPSA) is 93.2 Å². The average molecular weight is 347 g/mol. The number of imidazole rings is 1. The van der Waals surface area contributed by atoms with Crippen molar-refractivity contribution in [3.63, 3.8) is 0 Å². The minimum absolute atomic E-state index is 0.170. The smallest absolute Gasteiger partial charge is 0.390 e. The first kappa shape index (κ1) is 15.4. The maximum Gasteiger partial charge on any atom is 0.434 e. The highest BCUT2D eigenvalue weighted by molar-refractivity contribution is 9.09. The van der Waals surface area contributed by atoms with Crippen molar-refractivity contribution in [2.45, 2.75) is 49.2 Å². The lowest BCUT2D eigenvalue weighted by Crippen LogP contribution is -2.43. The van der Waals surface area contributed by atoms with Crippen LogP contribution in [0.4, 0.5) is 5.95 Å². The third-order valence-electron chi connectivity index (χ3n) is 3.56. The summed E-state index contributed by atoms with van der Waals surface area (Å²) >= 11 is 3.65. The van der Waals surface area contributed by atoms with E-state index < -0.39 is 11.0 Å². The molecule has 0 aliphatic heterocycles. The van der Waals surface area contributed by atoms with Crippen LogP contribution in [0.25, 0.3) is 0 Å². The van der Waals surface area contributed by atoms with Crippen LogP contribution < -0.4 is 5.32 Å². The van der Waals surface area contributed by atoms with E-state index >= 15 is 0 Å². The van der Waals surface area contributed by atoms with Crippen LogP contribution in [0.1, 0.15) is 25.7 Å². The molecule has 2 rings (SSSR count). The van der Waals surface area contributed by atoms with Gasteiger partial charge >= 0.3 is 5.95 Å². The molecule has 0 radical (unpaired) electrons. The Balaban J connectivity index is 1.81. The summed E-state index contributed by atoms with van der Waals surface area (Å²) in [6.07, 6.45) is 6.86. The summed E-state index contributed by atoms with van der Waals surface area (Å²) in [6, 6.07) is 0.358. The summed E-state index contributed by atoms with van der Waals surface area (Å²) in [5, 5.41) is 24.1. The van der Waals surface area contributed by atoms with Crippen molar-refractivity contribution in [3.05, 3.63) is 22.5 Å². The second kappa shape index (κ2) is 7.14. The fourth-order valence-corrected chi connectivity index (χ4v) is 3.29. The van der Waals surface area contributed by atoms with E-state index in [1.165, 1.54) is 29.8 Å². The molecule has 0 bridgehead atoms. The normalized spacial score (nSPS) is 24.5. The van der Waals surface area contributed by atoms with Gasteiger partial charge in [0.1, 0.15) is 12.4 Å². The van der Waals surface area contributed by atoms with Crippen LogP contribution in [0.3, 0.4) is 0 Å². The van der Waals surface area contributed by atoms with Gasteiger partial charge in [0.05, 0.1) is 12.6 Å². The van der Waals surface area contributed by atoms with Crippen molar-refractivity contribution in [2.24, 2.45) is 0 Å². The Bertz CT molecular complexity index is 454. The highest BCUT2D eigenvalue weighted by Gasteiger charge is 2.23. The number of nitro groups is 1. The van der Waals surface area contributed by atoms with Gasteiger partial charge in [-0.25, -0.2) is 4.57 Å². The van der Waals surface area contributed by atoms with Gasteiger partial charge in [-0.05, 0) is 17.8 Å². The predicted octanol–water partition coefficient (Wildman–Crippen LogP) is 1.45. The second-order valence-corrected chi connectivity index (χ2v) is 6.28. The molecule has 0 aromatic carbocycles. The van der Waals surface area contributed by atoms with Crippen molar-refractivity contribution >= 4 is 21.9 Å². The molecule has 20 heavy (non-hydrogen) atoms. The summed E-state index contributed by atoms with van der Waals surface area (Å²) in [5.74, 6) is -0.236. The lowest BCUT2D eigenvalue weighted by Gasteiger charge is -2.29. The average Bonchev–Trinajstić information content (AvgIpc) is 2.86. The molecule has 0 amide bonds. The van der Waals surface area contributed by atoms with Crippen LogP contribution in [-0.4, -0.2) is 43.1 Å². The molecule has 8 heteroatoms. The van der Waals surface area contributed by atoms with Gasteiger partial charge < -0.3 is 20.5 Å². The van der Waals surface area contributed by atoms with Gasteiger partial charge in [0.25, 0.3) is 0 Å². The maximum absolute atomic E-state index is 10.7. The number of alkyl halides is 1. The zero-order chi connectivity index (χ0) is 14.5. The SMILES string of the molecule is O=[N+]([O-])c1nccn1CC(O)CN[C@@H]1CCCC[C@H]1Br. The van der Waals surface area contributed by atoms with Gasteiger partial charge in [-0.3, -0.25) is 0 Å². The Morgan fingerprint density at radius 2 is 2.35 bits per heavy atom. The van der Waals surface area contributed by atoms with Crippen molar-refractivity contribution in [1.29, 1.82) is 0 Å². The van der Waals surface area contributed by atoms with Crippen LogP contribution in [0.15, 0.2) is 12.4 Å². The van der Waals surface area contributed by atoms with E-state index in [2.05, 4.69) is 26.2 Å². The quantitative estimate of drug-likeness (QED) is 0.462. The van der Waals surface area contributed by atoms with Crippen molar-refractivity contribution in [1.82, 2.24) is 14.9 Å². The molecular formula is C12H19BrN4O3. The van der Waals surface area contributed by atoms with Crippen LogP contribution in [0.2, 0.25) is 0 Å². The lowest BCUT2D eigenvalue weighted by molar-refractivity contribution is -0.397. The Kier molecular flexibility index (Phi) is 5.50. The lowest BCUT2D eigenvalue weighted by atomic mass is 9.95. The highest BCUT2D eigenvalue weighted by Crippen LogP contribution is 2.24. The fraction of sp³-hybridized carbons (Fsp3) is 0.750. The minimum Gasteiger partial charge on any atom is -0.390 e. The first-order valence-electron chi connectivity index (χ1n) is 6.79. The van der Waals surface area contributed by atoms with Gasteiger partial charge in [-0.15, -0.1) is 0 Å². The van der Waals surface area contributed by atoms with Crippen molar-refractivity contribution < 1.29 is 10.0 Å². The van der Waals surface area contributed by atoms with Gasteiger partial charge in [-0.1, -0.05) is 33.8 Å². The molecule has 1 unspecified atom stereocenters. The number of nitrogens with zero attached hydrogens (tertiary/aromatic N) is 3. The number of halogens is 1. The van der Waals surface area contributed by atoms with E-state index in [0.29, 0.717) is 17.4 Å². The van der Waals surface area contributed by atoms with Crippen LogP contribution in [0, 0.1) is 10.1 Å². The summed E-state index contributed by atoms with van der Waals surface area (Å²) in [4.78, 5) is 14.3. The number of hydrogen-bond donors (Lipinski definition) is 2. The molecule has 1 saturated carbocycles. The molecule has 0 saturated heterocycles. The molecule has 1 aliphatic rings. The Hall–Kier alpha value is -0.990. The van der Waals surface area contributed by atoms with E-state index in [1.807, 2.05) is 0 Å². The standard InChI is InChI=1S/C12H19BrN4O3/c13-10-3-1-2-4-11(10)15-7-9(18)8-16-6-5-14-12(16)17(19)20/h5-6,9-11,15,18H,1-4,7-8H2/t9?,10-,11-/m1/s1.